The molecule has 0 spiro atoms. The van der Waals surface area contributed by atoms with E-state index in [2.05, 4.69) is 4.90 Å². The minimum atomic E-state index is -0.583. The summed E-state index contributed by atoms with van der Waals surface area (Å²) < 4.78 is 15.7. The van der Waals surface area contributed by atoms with E-state index in [9.17, 15) is 4.79 Å². The number of carbonyl (C=O) groups is 1. The highest BCUT2D eigenvalue weighted by Gasteiger charge is 2.25. The van der Waals surface area contributed by atoms with Crippen molar-refractivity contribution < 1.29 is 19.0 Å². The first-order valence-corrected chi connectivity index (χ1v) is 8.05. The zero-order chi connectivity index (χ0) is 17.5. The smallest absolute Gasteiger partial charge is 0.241 e. The molecular weight excluding hydrogens is 310 g/mol. The molecule has 1 amide bonds. The predicted octanol–water partition coefficient (Wildman–Crippen LogP) is 0.322. The van der Waals surface area contributed by atoms with Crippen LogP contribution in [0.1, 0.15) is 5.56 Å². The van der Waals surface area contributed by atoms with E-state index < -0.39 is 6.04 Å². The number of benzene rings is 1. The summed E-state index contributed by atoms with van der Waals surface area (Å²) in [6.45, 7) is 3.94. The zero-order valence-corrected chi connectivity index (χ0v) is 14.7. The third-order valence-corrected chi connectivity index (χ3v) is 4.23. The van der Waals surface area contributed by atoms with Crippen LogP contribution < -0.4 is 15.2 Å². The van der Waals surface area contributed by atoms with Crippen LogP contribution in [0.5, 0.6) is 11.5 Å². The lowest BCUT2D eigenvalue weighted by Gasteiger charge is -2.36. The molecule has 1 unspecified atom stereocenters. The van der Waals surface area contributed by atoms with Crippen LogP contribution in [0.3, 0.4) is 0 Å². The minimum Gasteiger partial charge on any atom is -0.497 e. The van der Waals surface area contributed by atoms with Crippen LogP contribution in [-0.4, -0.2) is 75.9 Å². The molecule has 0 aliphatic carbocycles. The third-order valence-electron chi connectivity index (χ3n) is 4.23. The molecular formula is C17H27N3O4. The van der Waals surface area contributed by atoms with E-state index in [0.717, 1.165) is 36.7 Å². The van der Waals surface area contributed by atoms with Crippen LogP contribution in [0.2, 0.25) is 0 Å². The van der Waals surface area contributed by atoms with Gasteiger partial charge < -0.3 is 24.8 Å². The maximum Gasteiger partial charge on any atom is 0.241 e. The molecule has 1 heterocycles. The van der Waals surface area contributed by atoms with Crippen molar-refractivity contribution in [2.45, 2.75) is 12.6 Å². The molecule has 0 aromatic heterocycles. The van der Waals surface area contributed by atoms with E-state index in [1.165, 1.54) is 0 Å². The molecule has 0 radical (unpaired) electrons. The van der Waals surface area contributed by atoms with Gasteiger partial charge in [0.1, 0.15) is 17.5 Å². The quantitative estimate of drug-likeness (QED) is 0.772. The Balaban J connectivity index is 1.92. The lowest BCUT2D eigenvalue weighted by molar-refractivity contribution is -0.135. The maximum absolute atomic E-state index is 12.2. The Bertz CT molecular complexity index is 545. The normalized spacial score (nSPS) is 16.8. The van der Waals surface area contributed by atoms with Gasteiger partial charge in [0, 0.05) is 45.4 Å². The highest BCUT2D eigenvalue weighted by Crippen LogP contribution is 2.25. The minimum absolute atomic E-state index is 0.0459. The molecule has 1 fully saturated rings. The number of ether oxygens (including phenoxy) is 3. The Morgan fingerprint density at radius 2 is 1.88 bits per heavy atom. The second-order valence-electron chi connectivity index (χ2n) is 5.84. The number of amides is 1. The number of methoxy groups -OCH3 is 3. The van der Waals surface area contributed by atoms with Crippen molar-refractivity contribution in [3.05, 3.63) is 23.8 Å². The van der Waals surface area contributed by atoms with E-state index in [1.54, 1.807) is 21.3 Å². The van der Waals surface area contributed by atoms with Gasteiger partial charge in [-0.2, -0.15) is 0 Å². The molecule has 2 N–H and O–H groups in total. The average molecular weight is 337 g/mol. The molecule has 7 heteroatoms. The Kier molecular flexibility index (Phi) is 6.84. The largest absolute Gasteiger partial charge is 0.497 e. The number of nitrogens with zero attached hydrogens (tertiary/aromatic N) is 2. The van der Waals surface area contributed by atoms with Crippen LogP contribution in [-0.2, 0) is 16.1 Å². The number of carbonyl (C=O) groups excluding carboxylic acids is 1. The van der Waals surface area contributed by atoms with Crippen LogP contribution in [0.4, 0.5) is 0 Å². The third kappa shape index (κ3) is 4.59. The molecule has 7 nitrogen and oxygen atoms in total. The molecule has 1 aromatic carbocycles. The number of rotatable bonds is 7. The highest BCUT2D eigenvalue weighted by molar-refractivity contribution is 5.81. The second-order valence-corrected chi connectivity index (χ2v) is 5.84. The Morgan fingerprint density at radius 3 is 2.46 bits per heavy atom. The average Bonchev–Trinajstić information content (AvgIpc) is 2.62. The van der Waals surface area contributed by atoms with Crippen LogP contribution in [0.15, 0.2) is 18.2 Å². The standard InChI is InChI=1S/C17H27N3O4/c1-22-12-15(18)17(21)20-8-6-19(7-9-20)11-13-10-14(23-2)4-5-16(13)24-3/h4-5,10,15H,6-9,11-12,18H2,1-3H3. The molecule has 1 aliphatic heterocycles. The summed E-state index contributed by atoms with van der Waals surface area (Å²) in [5, 5.41) is 0. The molecule has 1 aliphatic rings. The molecule has 24 heavy (non-hydrogen) atoms. The summed E-state index contributed by atoms with van der Waals surface area (Å²) in [5.41, 5.74) is 6.90. The molecule has 1 aromatic rings. The molecule has 1 saturated heterocycles. The molecule has 1 atom stereocenters. The van der Waals surface area contributed by atoms with E-state index >= 15 is 0 Å². The van der Waals surface area contributed by atoms with Gasteiger partial charge >= 0.3 is 0 Å². The van der Waals surface area contributed by atoms with Gasteiger partial charge in [-0.25, -0.2) is 0 Å². The second kappa shape index (κ2) is 8.86. The van der Waals surface area contributed by atoms with Gasteiger partial charge in [-0.15, -0.1) is 0 Å². The number of hydrogen-bond donors (Lipinski definition) is 1. The van der Waals surface area contributed by atoms with E-state index in [1.807, 2.05) is 23.1 Å². The van der Waals surface area contributed by atoms with E-state index in [4.69, 9.17) is 19.9 Å². The lowest BCUT2D eigenvalue weighted by Crippen LogP contribution is -2.53. The monoisotopic (exact) mass is 337 g/mol. The van der Waals surface area contributed by atoms with Crippen LogP contribution in [0.25, 0.3) is 0 Å². The van der Waals surface area contributed by atoms with Gasteiger partial charge in [0.15, 0.2) is 0 Å². The lowest BCUT2D eigenvalue weighted by atomic mass is 10.1. The van der Waals surface area contributed by atoms with Crippen molar-refractivity contribution >= 4 is 5.91 Å². The van der Waals surface area contributed by atoms with Crippen molar-refractivity contribution in [1.29, 1.82) is 0 Å². The molecule has 2 rings (SSSR count). The van der Waals surface area contributed by atoms with Crippen molar-refractivity contribution in [3.8, 4) is 11.5 Å². The first-order chi connectivity index (χ1) is 11.6. The molecule has 0 bridgehead atoms. The topological polar surface area (TPSA) is 77.3 Å². The van der Waals surface area contributed by atoms with Crippen molar-refractivity contribution in [2.24, 2.45) is 5.73 Å². The zero-order valence-electron chi connectivity index (χ0n) is 14.7. The van der Waals surface area contributed by atoms with Crippen LogP contribution in [0, 0.1) is 0 Å². The van der Waals surface area contributed by atoms with E-state index in [0.29, 0.717) is 13.1 Å². The fourth-order valence-electron chi connectivity index (χ4n) is 2.86. The maximum atomic E-state index is 12.2. The van der Waals surface area contributed by atoms with E-state index in [-0.39, 0.29) is 12.5 Å². The predicted molar refractivity (Wildman–Crippen MR) is 91.3 cm³/mol. The van der Waals surface area contributed by atoms with Gasteiger partial charge in [-0.3, -0.25) is 9.69 Å². The van der Waals surface area contributed by atoms with Gasteiger partial charge in [-0.05, 0) is 18.2 Å². The fraction of sp³-hybridized carbons (Fsp3) is 0.588. The summed E-state index contributed by atoms with van der Waals surface area (Å²) in [4.78, 5) is 16.3. The van der Waals surface area contributed by atoms with Crippen LogP contribution >= 0.6 is 0 Å². The summed E-state index contributed by atoms with van der Waals surface area (Å²) in [6, 6.07) is 5.21. The van der Waals surface area contributed by atoms with Crippen molar-refractivity contribution in [3.63, 3.8) is 0 Å². The summed E-state index contributed by atoms with van der Waals surface area (Å²) in [6.07, 6.45) is 0. The van der Waals surface area contributed by atoms with Crippen molar-refractivity contribution in [1.82, 2.24) is 9.80 Å². The first kappa shape index (κ1) is 18.5. The highest BCUT2D eigenvalue weighted by atomic mass is 16.5. The number of hydrogen-bond acceptors (Lipinski definition) is 6. The Labute approximate surface area is 143 Å². The van der Waals surface area contributed by atoms with Gasteiger partial charge in [-0.1, -0.05) is 0 Å². The number of nitrogens with two attached hydrogens (primary N) is 1. The molecule has 0 saturated carbocycles. The van der Waals surface area contributed by atoms with Gasteiger partial charge in [0.2, 0.25) is 5.91 Å². The summed E-state index contributed by atoms with van der Waals surface area (Å²) >= 11 is 0. The Morgan fingerprint density at radius 1 is 1.17 bits per heavy atom. The first-order valence-electron chi connectivity index (χ1n) is 8.05. The SMILES string of the molecule is COCC(N)C(=O)N1CCN(Cc2cc(OC)ccc2OC)CC1. The van der Waals surface area contributed by atoms with Gasteiger partial charge in [0.25, 0.3) is 0 Å². The Hall–Kier alpha value is -1.83. The van der Waals surface area contributed by atoms with Crippen molar-refractivity contribution in [2.75, 3.05) is 54.1 Å². The summed E-state index contributed by atoms with van der Waals surface area (Å²) in [5.74, 6) is 1.61. The number of piperazine rings is 1. The fourth-order valence-corrected chi connectivity index (χ4v) is 2.86. The van der Waals surface area contributed by atoms with Gasteiger partial charge in [0.05, 0.1) is 20.8 Å². The molecule has 134 valence electrons. The summed E-state index contributed by atoms with van der Waals surface area (Å²) in [7, 11) is 4.87.